The summed E-state index contributed by atoms with van der Waals surface area (Å²) in [5.74, 6) is 0. The second-order valence-electron chi connectivity index (χ2n) is 0. The van der Waals surface area contributed by atoms with Crippen LogP contribution in [0.5, 0.6) is 0 Å². The number of hydrogen-bond donors (Lipinski definition) is 5. The Labute approximate surface area is 72.7 Å². The van der Waals surface area contributed by atoms with E-state index in [-0.39, 0.29) is 72.3 Å². The Hall–Kier alpha value is 0.886. The van der Waals surface area contributed by atoms with Gasteiger partial charge in [0.2, 0.25) is 0 Å². The zero-order chi connectivity index (χ0) is 0. The molecule has 5 nitrogen and oxygen atoms in total. The Morgan fingerprint density at radius 2 is 0.500 bits per heavy atom. The maximum Gasteiger partial charge on any atom is 0 e. The molecule has 0 bridgehead atoms. The maximum absolute atomic E-state index is 0. The molecular weight excluding hydrogens is 200 g/mol. The molecule has 0 aromatic carbocycles. The van der Waals surface area contributed by atoms with E-state index in [1.807, 2.05) is 0 Å². The summed E-state index contributed by atoms with van der Waals surface area (Å²) in [6.07, 6.45) is 0. The molecule has 0 rings (SSSR count). The van der Waals surface area contributed by atoms with Gasteiger partial charge in [-0.25, -0.2) is 0 Å². The van der Waals surface area contributed by atoms with Crippen molar-refractivity contribution in [1.29, 1.82) is 0 Å². The van der Waals surface area contributed by atoms with E-state index in [4.69, 9.17) is 0 Å². The topological polar surface area (TPSA) is 175 Å². The van der Waals surface area contributed by atoms with E-state index in [1.165, 1.54) is 0 Å². The predicted molar refractivity (Wildman–Crippen MR) is 32.4 cm³/mol. The van der Waals surface area contributed by atoms with Crippen LogP contribution >= 0.6 is 12.4 Å². The van der Waals surface area contributed by atoms with Crippen LogP contribution in [0.3, 0.4) is 0 Å². The van der Waals surface area contributed by atoms with Crippen molar-refractivity contribution in [1.82, 2.24) is 30.8 Å². The molecule has 0 aliphatic carbocycles. The van der Waals surface area contributed by atoms with Crippen molar-refractivity contribution in [2.45, 2.75) is 0 Å². The molecule has 65 valence electrons. The average Bonchev–Trinajstić information content (AvgIpc) is 0. The fourth-order valence-electron chi connectivity index (χ4n) is 0. The molecule has 15 N–H and O–H groups in total. The van der Waals surface area contributed by atoms with Crippen molar-refractivity contribution >= 4 is 12.4 Å². The van der Waals surface area contributed by atoms with E-state index in [1.54, 1.807) is 0 Å². The van der Waals surface area contributed by atoms with Crippen LogP contribution in [0, 0.1) is 0 Å². The predicted octanol–water partition coefficient (Wildman–Crippen LogP) is -1.77. The molecule has 0 aromatic heterocycles. The van der Waals surface area contributed by atoms with Crippen LogP contribution in [0.2, 0.25) is 0 Å². The summed E-state index contributed by atoms with van der Waals surface area (Å²) in [6, 6.07) is 0. The van der Waals surface area contributed by atoms with Crippen molar-refractivity contribution in [3.8, 4) is 0 Å². The van der Waals surface area contributed by atoms with Crippen LogP contribution in [0.25, 0.3) is 0 Å². The van der Waals surface area contributed by atoms with E-state index < -0.39 is 0 Å². The van der Waals surface area contributed by atoms with Crippen molar-refractivity contribution in [2.75, 3.05) is 0 Å². The molecule has 8 heavy (non-hydrogen) atoms. The molecule has 0 atom stereocenters. The molecule has 0 saturated carbocycles. The molecule has 0 amide bonds. The van der Waals surface area contributed by atoms with Gasteiger partial charge in [0, 0.05) is 16.8 Å². The van der Waals surface area contributed by atoms with Crippen molar-refractivity contribution in [2.24, 2.45) is 0 Å². The zero-order valence-electron chi connectivity index (χ0n) is 4.66. The van der Waals surface area contributed by atoms with Crippen LogP contribution in [0.1, 0.15) is 0 Å². The Kier molecular flexibility index (Phi) is 41800. The van der Waals surface area contributed by atoms with Crippen LogP contribution in [0.15, 0.2) is 0 Å². The van der Waals surface area contributed by atoms with Crippen LogP contribution < -0.4 is 43.2 Å². The second-order valence-corrected chi connectivity index (χ2v) is 0. The van der Waals surface area contributed by atoms with Gasteiger partial charge in [-0.2, -0.15) is 0 Å². The SMILES string of the molecule is Cl.N.N.N.N.N.[Cl-].[Co]. The Morgan fingerprint density at radius 3 is 0.500 bits per heavy atom. The van der Waals surface area contributed by atoms with Gasteiger partial charge in [-0.15, -0.1) is 12.4 Å². The molecule has 0 spiro atoms. The quantitative estimate of drug-likeness (QED) is 0.321. The summed E-state index contributed by atoms with van der Waals surface area (Å²) >= 11 is 0. The third-order valence-corrected chi connectivity index (χ3v) is 0. The van der Waals surface area contributed by atoms with Gasteiger partial charge in [0.25, 0.3) is 0 Å². The molecule has 0 saturated heterocycles. The van der Waals surface area contributed by atoms with Gasteiger partial charge in [0.1, 0.15) is 0 Å². The van der Waals surface area contributed by atoms with E-state index in [0.29, 0.717) is 0 Å². The van der Waals surface area contributed by atoms with Crippen molar-refractivity contribution in [3.05, 3.63) is 0 Å². The number of halogens is 2. The van der Waals surface area contributed by atoms with E-state index in [0.717, 1.165) is 0 Å². The third kappa shape index (κ3) is 304. The minimum Gasteiger partial charge on any atom is -1.00 e. The van der Waals surface area contributed by atoms with Crippen LogP contribution in [-0.4, -0.2) is 0 Å². The minimum absolute atomic E-state index is 0. The molecule has 0 heterocycles. The second kappa shape index (κ2) is 476. The Morgan fingerprint density at radius 1 is 0.500 bits per heavy atom. The Bertz CT molecular complexity index is 10.4. The number of rotatable bonds is 0. The summed E-state index contributed by atoms with van der Waals surface area (Å²) in [5.41, 5.74) is 0. The Balaban J connectivity index is 0. The van der Waals surface area contributed by atoms with Crippen molar-refractivity contribution < 1.29 is 29.2 Å². The first-order chi connectivity index (χ1) is 0. The minimum atomic E-state index is 0. The van der Waals surface area contributed by atoms with Crippen molar-refractivity contribution in [3.63, 3.8) is 0 Å². The van der Waals surface area contributed by atoms with E-state index >= 15 is 0 Å². The van der Waals surface area contributed by atoms with E-state index in [2.05, 4.69) is 0 Å². The molecule has 0 unspecified atom stereocenters. The molecule has 0 aliphatic rings. The maximum atomic E-state index is 0. The van der Waals surface area contributed by atoms with Gasteiger partial charge in [0.05, 0.1) is 0 Å². The normalized spacial score (nSPS) is 0. The number of hydrogen-bond acceptors (Lipinski definition) is 5. The van der Waals surface area contributed by atoms with Gasteiger partial charge in [0.15, 0.2) is 0 Å². The molecule has 1 radical (unpaired) electrons. The van der Waals surface area contributed by atoms with Crippen LogP contribution in [-0.2, 0) is 16.8 Å². The standard InChI is InChI=1S/2ClH.Co.5H3N/h2*1H;;5*1H3/p-1. The van der Waals surface area contributed by atoms with E-state index in [9.17, 15) is 0 Å². The summed E-state index contributed by atoms with van der Waals surface area (Å²) in [7, 11) is 0. The molecular formula is H16Cl2CoN5-. The monoisotopic (exact) mass is 215 g/mol. The fourth-order valence-corrected chi connectivity index (χ4v) is 0. The van der Waals surface area contributed by atoms with Gasteiger partial charge < -0.3 is 43.2 Å². The molecule has 8 heteroatoms. The van der Waals surface area contributed by atoms with Gasteiger partial charge in [-0.3, -0.25) is 0 Å². The average molecular weight is 216 g/mol. The molecule has 0 fully saturated rings. The summed E-state index contributed by atoms with van der Waals surface area (Å²) in [5, 5.41) is 0. The van der Waals surface area contributed by atoms with Crippen LogP contribution in [0.4, 0.5) is 0 Å². The van der Waals surface area contributed by atoms with Gasteiger partial charge >= 0.3 is 0 Å². The molecule has 0 aliphatic heterocycles. The largest absolute Gasteiger partial charge is 1.00 e. The zero-order valence-corrected chi connectivity index (χ0v) is 7.27. The first kappa shape index (κ1) is 703. The summed E-state index contributed by atoms with van der Waals surface area (Å²) in [6.45, 7) is 0. The third-order valence-electron chi connectivity index (χ3n) is 0. The first-order valence-electron chi connectivity index (χ1n) is 0. The van der Waals surface area contributed by atoms with Gasteiger partial charge in [-0.05, 0) is 0 Å². The molecule has 0 aromatic rings. The fraction of sp³-hybridized carbons (Fsp3) is 0. The summed E-state index contributed by atoms with van der Waals surface area (Å²) < 4.78 is 0. The summed E-state index contributed by atoms with van der Waals surface area (Å²) in [4.78, 5) is 0. The smallest absolute Gasteiger partial charge is 0 e. The van der Waals surface area contributed by atoms with Gasteiger partial charge in [-0.1, -0.05) is 0 Å². The first-order valence-corrected chi connectivity index (χ1v) is 0.